The maximum Gasteiger partial charge on any atom is 0.348 e. The Morgan fingerprint density at radius 3 is 3.00 bits per heavy atom. The Balaban J connectivity index is 2.40. The molecule has 0 amide bonds. The van der Waals surface area contributed by atoms with Gasteiger partial charge in [-0.1, -0.05) is 13.3 Å². The van der Waals surface area contributed by atoms with Crippen LogP contribution in [0.5, 0.6) is 5.75 Å². The first-order chi connectivity index (χ1) is 6.24. The van der Waals surface area contributed by atoms with Crippen molar-refractivity contribution in [2.24, 2.45) is 0 Å². The number of rotatable bonds is 4. The van der Waals surface area contributed by atoms with Gasteiger partial charge in [-0.25, -0.2) is 4.79 Å². The van der Waals surface area contributed by atoms with Crippen LogP contribution in [0.25, 0.3) is 0 Å². The molecule has 0 radical (unpaired) electrons. The van der Waals surface area contributed by atoms with Gasteiger partial charge >= 0.3 is 5.97 Å². The van der Waals surface area contributed by atoms with Crippen LogP contribution in [0, 0.1) is 0 Å². The molecule has 0 aliphatic carbocycles. The van der Waals surface area contributed by atoms with Crippen LogP contribution >= 0.6 is 11.3 Å². The van der Waals surface area contributed by atoms with Crippen molar-refractivity contribution >= 4 is 17.3 Å². The van der Waals surface area contributed by atoms with Gasteiger partial charge < -0.3 is 9.84 Å². The lowest BCUT2D eigenvalue weighted by molar-refractivity contribution is 0.0505. The van der Waals surface area contributed by atoms with E-state index in [2.05, 4.69) is 0 Å². The van der Waals surface area contributed by atoms with Crippen molar-refractivity contribution in [1.29, 1.82) is 0 Å². The summed E-state index contributed by atoms with van der Waals surface area (Å²) in [6.45, 7) is 2.48. The van der Waals surface area contributed by atoms with Gasteiger partial charge in [0.1, 0.15) is 10.6 Å². The van der Waals surface area contributed by atoms with Crippen molar-refractivity contribution in [1.82, 2.24) is 0 Å². The zero-order valence-electron chi connectivity index (χ0n) is 7.45. The summed E-state index contributed by atoms with van der Waals surface area (Å²) >= 11 is 1.19. The Labute approximate surface area is 81.0 Å². The molecule has 0 bridgehead atoms. The maximum absolute atomic E-state index is 11.2. The smallest absolute Gasteiger partial charge is 0.348 e. The Kier molecular flexibility index (Phi) is 3.76. The lowest BCUT2D eigenvalue weighted by Gasteiger charge is -2.00. The molecule has 1 heterocycles. The Hall–Kier alpha value is -1.03. The van der Waals surface area contributed by atoms with Crippen LogP contribution < -0.4 is 0 Å². The van der Waals surface area contributed by atoms with Gasteiger partial charge in [-0.05, 0) is 6.42 Å². The third-order valence-electron chi connectivity index (χ3n) is 1.52. The molecule has 0 saturated heterocycles. The maximum atomic E-state index is 11.2. The van der Waals surface area contributed by atoms with Gasteiger partial charge in [-0.3, -0.25) is 0 Å². The Morgan fingerprint density at radius 2 is 2.46 bits per heavy atom. The fourth-order valence-corrected chi connectivity index (χ4v) is 1.47. The highest BCUT2D eigenvalue weighted by Gasteiger charge is 2.09. The molecule has 0 atom stereocenters. The zero-order chi connectivity index (χ0) is 9.68. The molecule has 0 saturated carbocycles. The van der Waals surface area contributed by atoms with E-state index in [1.165, 1.54) is 22.8 Å². The van der Waals surface area contributed by atoms with Gasteiger partial charge in [-0.15, -0.1) is 11.3 Å². The van der Waals surface area contributed by atoms with E-state index in [-0.39, 0.29) is 11.7 Å². The minimum absolute atomic E-state index is 0.118. The molecule has 3 nitrogen and oxygen atoms in total. The molecule has 0 aliphatic heterocycles. The predicted molar refractivity (Wildman–Crippen MR) is 51.2 cm³/mol. The quantitative estimate of drug-likeness (QED) is 0.599. The minimum atomic E-state index is -0.348. The van der Waals surface area contributed by atoms with E-state index in [0.29, 0.717) is 11.5 Å². The van der Waals surface area contributed by atoms with Crippen LogP contribution in [0.1, 0.15) is 29.4 Å². The summed E-state index contributed by atoms with van der Waals surface area (Å²) in [7, 11) is 0. The number of carbonyl (C=O) groups excluding carboxylic acids is 1. The molecular formula is C9H12O3S. The molecule has 1 N–H and O–H groups in total. The average Bonchev–Trinajstić information content (AvgIpc) is 2.52. The van der Waals surface area contributed by atoms with Crippen LogP contribution in [-0.2, 0) is 4.74 Å². The number of esters is 1. The average molecular weight is 200 g/mol. The van der Waals surface area contributed by atoms with Gasteiger partial charge in [-0.2, -0.15) is 0 Å². The third-order valence-corrected chi connectivity index (χ3v) is 2.42. The molecule has 0 fully saturated rings. The normalized spacial score (nSPS) is 9.92. The lowest BCUT2D eigenvalue weighted by atomic mass is 10.4. The zero-order valence-corrected chi connectivity index (χ0v) is 8.26. The Morgan fingerprint density at radius 1 is 1.69 bits per heavy atom. The van der Waals surface area contributed by atoms with Crippen molar-refractivity contribution < 1.29 is 14.6 Å². The summed E-state index contributed by atoms with van der Waals surface area (Å²) < 4.78 is 4.94. The number of ether oxygens (including phenoxy) is 1. The highest BCUT2D eigenvalue weighted by Crippen LogP contribution is 2.20. The number of carbonyl (C=O) groups is 1. The molecule has 72 valence electrons. The van der Waals surface area contributed by atoms with Gasteiger partial charge in [0.2, 0.25) is 0 Å². The molecule has 0 unspecified atom stereocenters. The van der Waals surface area contributed by atoms with Gasteiger partial charge in [0.05, 0.1) is 6.61 Å². The van der Waals surface area contributed by atoms with E-state index in [1.54, 1.807) is 0 Å². The van der Waals surface area contributed by atoms with Crippen LogP contribution in [0.4, 0.5) is 0 Å². The Bertz CT molecular complexity index is 280. The van der Waals surface area contributed by atoms with Crippen molar-refractivity contribution in [3.63, 3.8) is 0 Å². The molecule has 13 heavy (non-hydrogen) atoms. The van der Waals surface area contributed by atoms with Crippen LogP contribution in [-0.4, -0.2) is 17.7 Å². The van der Waals surface area contributed by atoms with Gasteiger partial charge in [0.15, 0.2) is 0 Å². The molecular weight excluding hydrogens is 188 g/mol. The molecule has 0 spiro atoms. The fraction of sp³-hybridized carbons (Fsp3) is 0.444. The second kappa shape index (κ2) is 4.87. The summed E-state index contributed by atoms with van der Waals surface area (Å²) in [6, 6.07) is 1.42. The van der Waals surface area contributed by atoms with E-state index in [0.717, 1.165) is 12.8 Å². The molecule has 4 heteroatoms. The van der Waals surface area contributed by atoms with Gasteiger partial charge in [0, 0.05) is 11.4 Å². The number of thiophene rings is 1. The van der Waals surface area contributed by atoms with E-state index < -0.39 is 0 Å². The number of hydrogen-bond acceptors (Lipinski definition) is 4. The van der Waals surface area contributed by atoms with Crippen LogP contribution in [0.15, 0.2) is 11.4 Å². The number of unbranched alkanes of at least 4 members (excludes halogenated alkanes) is 1. The number of aromatic hydroxyl groups is 1. The van der Waals surface area contributed by atoms with E-state index in [4.69, 9.17) is 9.84 Å². The minimum Gasteiger partial charge on any atom is -0.507 e. The largest absolute Gasteiger partial charge is 0.507 e. The summed E-state index contributed by atoms with van der Waals surface area (Å²) in [4.78, 5) is 11.7. The molecule has 0 aliphatic rings. The standard InChI is InChI=1S/C9H12O3S/c1-2-3-4-12-9(11)8-5-7(10)6-13-8/h5-6,10H,2-4H2,1H3. The van der Waals surface area contributed by atoms with Crippen molar-refractivity contribution in [2.75, 3.05) is 6.61 Å². The third kappa shape index (κ3) is 3.06. The summed E-state index contributed by atoms with van der Waals surface area (Å²) in [5, 5.41) is 10.5. The van der Waals surface area contributed by atoms with E-state index in [9.17, 15) is 4.79 Å². The van der Waals surface area contributed by atoms with Crippen molar-refractivity contribution in [3.05, 3.63) is 16.3 Å². The topological polar surface area (TPSA) is 46.5 Å². The SMILES string of the molecule is CCCCOC(=O)c1cc(O)cs1. The molecule has 0 aromatic carbocycles. The number of hydrogen-bond donors (Lipinski definition) is 1. The highest BCUT2D eigenvalue weighted by atomic mass is 32.1. The van der Waals surface area contributed by atoms with Crippen LogP contribution in [0.2, 0.25) is 0 Å². The van der Waals surface area contributed by atoms with Crippen LogP contribution in [0.3, 0.4) is 0 Å². The van der Waals surface area contributed by atoms with Gasteiger partial charge in [0.25, 0.3) is 0 Å². The second-order valence-corrected chi connectivity index (χ2v) is 3.57. The van der Waals surface area contributed by atoms with Crippen molar-refractivity contribution in [3.8, 4) is 5.75 Å². The first kappa shape index (κ1) is 10.1. The first-order valence-corrected chi connectivity index (χ1v) is 5.06. The monoisotopic (exact) mass is 200 g/mol. The predicted octanol–water partition coefficient (Wildman–Crippen LogP) is 2.41. The fourth-order valence-electron chi connectivity index (χ4n) is 0.814. The molecule has 1 aromatic heterocycles. The van der Waals surface area contributed by atoms with E-state index >= 15 is 0 Å². The molecule has 1 rings (SSSR count). The second-order valence-electron chi connectivity index (χ2n) is 2.66. The highest BCUT2D eigenvalue weighted by molar-refractivity contribution is 7.12. The summed E-state index contributed by atoms with van der Waals surface area (Å²) in [5.74, 6) is -0.230. The first-order valence-electron chi connectivity index (χ1n) is 4.18. The molecule has 1 aromatic rings. The lowest BCUT2D eigenvalue weighted by Crippen LogP contribution is -2.03. The summed E-state index contributed by atoms with van der Waals surface area (Å²) in [5.41, 5.74) is 0. The summed E-state index contributed by atoms with van der Waals surface area (Å²) in [6.07, 6.45) is 1.88. The van der Waals surface area contributed by atoms with E-state index in [1.807, 2.05) is 6.92 Å². The van der Waals surface area contributed by atoms with Crippen molar-refractivity contribution in [2.45, 2.75) is 19.8 Å².